The minimum Gasteiger partial charge on any atom is -0.313 e. The van der Waals surface area contributed by atoms with Crippen LogP contribution in [0, 0.1) is 0 Å². The molecular formula is C18H32N2. The van der Waals surface area contributed by atoms with Crippen LogP contribution < -0.4 is 5.32 Å². The SMILES string of the molecule is CCCCCC(C)NCCN(C)CCc1ccccc1. The highest BCUT2D eigenvalue weighted by atomic mass is 15.1. The van der Waals surface area contributed by atoms with Crippen molar-refractivity contribution in [2.75, 3.05) is 26.7 Å². The van der Waals surface area contributed by atoms with Crippen LogP contribution in [0.5, 0.6) is 0 Å². The number of rotatable bonds is 11. The van der Waals surface area contributed by atoms with E-state index in [1.807, 2.05) is 0 Å². The average molecular weight is 276 g/mol. The van der Waals surface area contributed by atoms with E-state index in [1.165, 1.54) is 31.2 Å². The van der Waals surface area contributed by atoms with E-state index in [9.17, 15) is 0 Å². The summed E-state index contributed by atoms with van der Waals surface area (Å²) in [4.78, 5) is 2.42. The first-order valence-electron chi connectivity index (χ1n) is 8.18. The molecule has 0 aliphatic rings. The van der Waals surface area contributed by atoms with Crippen LogP contribution in [0.1, 0.15) is 45.1 Å². The van der Waals surface area contributed by atoms with Gasteiger partial charge in [-0.05, 0) is 32.4 Å². The summed E-state index contributed by atoms with van der Waals surface area (Å²) in [5, 5.41) is 3.63. The lowest BCUT2D eigenvalue weighted by Crippen LogP contribution is -2.35. The Morgan fingerprint density at radius 2 is 1.85 bits per heavy atom. The average Bonchev–Trinajstić information content (AvgIpc) is 2.46. The second-order valence-corrected chi connectivity index (χ2v) is 5.89. The molecule has 0 aromatic heterocycles. The molecule has 0 heterocycles. The van der Waals surface area contributed by atoms with Gasteiger partial charge in [-0.2, -0.15) is 0 Å². The summed E-state index contributed by atoms with van der Waals surface area (Å²) in [5.41, 5.74) is 1.43. The predicted molar refractivity (Wildman–Crippen MR) is 89.2 cm³/mol. The summed E-state index contributed by atoms with van der Waals surface area (Å²) >= 11 is 0. The Balaban J connectivity index is 2.03. The first-order valence-corrected chi connectivity index (χ1v) is 8.18. The molecule has 2 heteroatoms. The molecule has 0 saturated carbocycles. The van der Waals surface area contributed by atoms with Crippen LogP contribution in [0.25, 0.3) is 0 Å². The summed E-state index contributed by atoms with van der Waals surface area (Å²) in [6, 6.07) is 11.4. The third-order valence-corrected chi connectivity index (χ3v) is 3.85. The van der Waals surface area contributed by atoms with Crippen LogP contribution in [0.15, 0.2) is 30.3 Å². The Bertz CT molecular complexity index is 323. The number of nitrogens with one attached hydrogen (secondary N) is 1. The second-order valence-electron chi connectivity index (χ2n) is 5.89. The largest absolute Gasteiger partial charge is 0.313 e. The lowest BCUT2D eigenvalue weighted by Gasteiger charge is -2.19. The lowest BCUT2D eigenvalue weighted by atomic mass is 10.1. The third-order valence-electron chi connectivity index (χ3n) is 3.85. The molecule has 0 saturated heterocycles. The number of benzene rings is 1. The number of hydrogen-bond acceptors (Lipinski definition) is 2. The monoisotopic (exact) mass is 276 g/mol. The van der Waals surface area contributed by atoms with E-state index in [0.717, 1.165) is 26.1 Å². The van der Waals surface area contributed by atoms with Crippen molar-refractivity contribution in [3.63, 3.8) is 0 Å². The number of hydrogen-bond donors (Lipinski definition) is 1. The van der Waals surface area contributed by atoms with Crippen molar-refractivity contribution in [1.82, 2.24) is 10.2 Å². The highest BCUT2D eigenvalue weighted by Gasteiger charge is 2.02. The van der Waals surface area contributed by atoms with Crippen LogP contribution in [-0.4, -0.2) is 37.6 Å². The zero-order valence-electron chi connectivity index (χ0n) is 13.6. The number of unbranched alkanes of at least 4 members (excludes halogenated alkanes) is 2. The molecule has 0 bridgehead atoms. The minimum absolute atomic E-state index is 0.657. The van der Waals surface area contributed by atoms with Gasteiger partial charge in [0.25, 0.3) is 0 Å². The topological polar surface area (TPSA) is 15.3 Å². The van der Waals surface area contributed by atoms with Crippen molar-refractivity contribution >= 4 is 0 Å². The first-order chi connectivity index (χ1) is 9.72. The van der Waals surface area contributed by atoms with Gasteiger partial charge in [0, 0.05) is 25.7 Å². The fourth-order valence-corrected chi connectivity index (χ4v) is 2.38. The van der Waals surface area contributed by atoms with Gasteiger partial charge >= 0.3 is 0 Å². The summed E-state index contributed by atoms with van der Waals surface area (Å²) in [7, 11) is 2.21. The van der Waals surface area contributed by atoms with Gasteiger partial charge in [0.2, 0.25) is 0 Å². The zero-order valence-corrected chi connectivity index (χ0v) is 13.6. The predicted octanol–water partition coefficient (Wildman–Crippen LogP) is 3.72. The number of nitrogens with zero attached hydrogens (tertiary/aromatic N) is 1. The standard InChI is InChI=1S/C18H32N2/c1-4-5-7-10-17(2)19-14-16-20(3)15-13-18-11-8-6-9-12-18/h6,8-9,11-12,17,19H,4-5,7,10,13-16H2,1-3H3. The second kappa shape index (κ2) is 10.9. The van der Waals surface area contributed by atoms with E-state index in [-0.39, 0.29) is 0 Å². The van der Waals surface area contributed by atoms with Crippen LogP contribution >= 0.6 is 0 Å². The summed E-state index contributed by atoms with van der Waals surface area (Å²) in [6.07, 6.45) is 6.48. The molecule has 0 fully saturated rings. The summed E-state index contributed by atoms with van der Waals surface area (Å²) < 4.78 is 0. The third kappa shape index (κ3) is 8.34. The molecule has 20 heavy (non-hydrogen) atoms. The molecule has 1 N–H and O–H groups in total. The fraction of sp³-hybridized carbons (Fsp3) is 0.667. The molecule has 0 aliphatic heterocycles. The molecule has 0 radical (unpaired) electrons. The van der Waals surface area contributed by atoms with E-state index in [4.69, 9.17) is 0 Å². The van der Waals surface area contributed by atoms with Crippen molar-refractivity contribution in [1.29, 1.82) is 0 Å². The molecule has 1 rings (SSSR count). The summed E-state index contributed by atoms with van der Waals surface area (Å²) in [6.45, 7) is 7.93. The minimum atomic E-state index is 0.657. The van der Waals surface area contributed by atoms with Gasteiger partial charge in [0.05, 0.1) is 0 Å². The van der Waals surface area contributed by atoms with Gasteiger partial charge in [-0.3, -0.25) is 0 Å². The van der Waals surface area contributed by atoms with Crippen molar-refractivity contribution in [2.24, 2.45) is 0 Å². The van der Waals surface area contributed by atoms with Gasteiger partial charge in [-0.15, -0.1) is 0 Å². The first kappa shape index (κ1) is 17.2. The van der Waals surface area contributed by atoms with Crippen LogP contribution in [-0.2, 0) is 6.42 Å². The highest BCUT2D eigenvalue weighted by molar-refractivity contribution is 5.14. The Kier molecular flexibility index (Phi) is 9.35. The number of likely N-dealkylation sites (N-methyl/N-ethyl adjacent to an activating group) is 1. The van der Waals surface area contributed by atoms with Gasteiger partial charge in [0.1, 0.15) is 0 Å². The molecule has 0 aliphatic carbocycles. The van der Waals surface area contributed by atoms with Gasteiger partial charge in [-0.25, -0.2) is 0 Å². The van der Waals surface area contributed by atoms with E-state index in [2.05, 4.69) is 61.4 Å². The van der Waals surface area contributed by atoms with E-state index < -0.39 is 0 Å². The van der Waals surface area contributed by atoms with Gasteiger partial charge in [-0.1, -0.05) is 56.5 Å². The molecule has 114 valence electrons. The molecule has 1 aromatic rings. The highest BCUT2D eigenvalue weighted by Crippen LogP contribution is 2.03. The molecule has 1 aromatic carbocycles. The van der Waals surface area contributed by atoms with Crippen LogP contribution in [0.2, 0.25) is 0 Å². The van der Waals surface area contributed by atoms with E-state index >= 15 is 0 Å². The summed E-state index contributed by atoms with van der Waals surface area (Å²) in [5.74, 6) is 0. The molecule has 0 spiro atoms. The molecule has 2 nitrogen and oxygen atoms in total. The van der Waals surface area contributed by atoms with Gasteiger partial charge < -0.3 is 10.2 Å². The smallest absolute Gasteiger partial charge is 0.0104 e. The van der Waals surface area contributed by atoms with E-state index in [1.54, 1.807) is 0 Å². The van der Waals surface area contributed by atoms with E-state index in [0.29, 0.717) is 6.04 Å². The molecular weight excluding hydrogens is 244 g/mol. The van der Waals surface area contributed by atoms with Crippen LogP contribution in [0.3, 0.4) is 0 Å². The van der Waals surface area contributed by atoms with Crippen molar-refractivity contribution in [3.05, 3.63) is 35.9 Å². The molecule has 1 atom stereocenters. The Morgan fingerprint density at radius 1 is 1.10 bits per heavy atom. The molecule has 0 amide bonds. The normalized spacial score (nSPS) is 12.8. The Hall–Kier alpha value is -0.860. The fourth-order valence-electron chi connectivity index (χ4n) is 2.38. The van der Waals surface area contributed by atoms with Crippen molar-refractivity contribution < 1.29 is 0 Å². The maximum absolute atomic E-state index is 3.63. The maximum Gasteiger partial charge on any atom is 0.0104 e. The molecule has 1 unspecified atom stereocenters. The quantitative estimate of drug-likeness (QED) is 0.620. The van der Waals surface area contributed by atoms with Gasteiger partial charge in [0.15, 0.2) is 0 Å². The van der Waals surface area contributed by atoms with Crippen LogP contribution in [0.4, 0.5) is 0 Å². The lowest BCUT2D eigenvalue weighted by molar-refractivity contribution is 0.326. The Labute approximate surface area is 125 Å². The maximum atomic E-state index is 3.63. The zero-order chi connectivity index (χ0) is 14.6. The van der Waals surface area contributed by atoms with Crippen molar-refractivity contribution in [2.45, 2.75) is 52.0 Å². The Morgan fingerprint density at radius 3 is 2.55 bits per heavy atom. The van der Waals surface area contributed by atoms with Crippen molar-refractivity contribution in [3.8, 4) is 0 Å².